The largest absolute Gasteiger partial charge is 0.379 e. The van der Waals surface area contributed by atoms with E-state index in [2.05, 4.69) is 19.2 Å². The summed E-state index contributed by atoms with van der Waals surface area (Å²) in [5, 5.41) is 13.9. The number of halogens is 1. The van der Waals surface area contributed by atoms with Gasteiger partial charge in [-0.05, 0) is 24.3 Å². The topological polar surface area (TPSA) is 55.2 Å². The molecule has 1 aromatic rings. The Hall–Kier alpha value is -1.65. The third-order valence-electron chi connectivity index (χ3n) is 4.21. The number of anilines is 1. The van der Waals surface area contributed by atoms with Crippen LogP contribution >= 0.6 is 0 Å². The molecule has 19 heavy (non-hydrogen) atoms. The molecule has 104 valence electrons. The molecule has 1 saturated carbocycles. The first-order valence-electron chi connectivity index (χ1n) is 6.69. The van der Waals surface area contributed by atoms with Gasteiger partial charge in [0.25, 0.3) is 5.69 Å². The Morgan fingerprint density at radius 1 is 1.37 bits per heavy atom. The minimum Gasteiger partial charge on any atom is -0.379 e. The fourth-order valence-electron chi connectivity index (χ4n) is 2.72. The zero-order valence-electron chi connectivity index (χ0n) is 11.2. The van der Waals surface area contributed by atoms with Crippen LogP contribution < -0.4 is 5.32 Å². The Balaban J connectivity index is 2.18. The van der Waals surface area contributed by atoms with Gasteiger partial charge in [-0.1, -0.05) is 26.7 Å². The number of nitrogens with zero attached hydrogens (tertiary/aromatic N) is 1. The maximum absolute atomic E-state index is 13.7. The summed E-state index contributed by atoms with van der Waals surface area (Å²) in [6.07, 6.45) is 3.28. The highest BCUT2D eigenvalue weighted by molar-refractivity contribution is 5.53. The van der Waals surface area contributed by atoms with E-state index in [4.69, 9.17) is 0 Å². The van der Waals surface area contributed by atoms with E-state index in [1.165, 1.54) is 18.6 Å². The molecular formula is C14H19FN2O2. The molecule has 0 spiro atoms. The minimum absolute atomic E-state index is 0.0830. The van der Waals surface area contributed by atoms with E-state index < -0.39 is 10.7 Å². The van der Waals surface area contributed by atoms with Gasteiger partial charge in [-0.15, -0.1) is 0 Å². The molecule has 0 bridgehead atoms. The maximum Gasteiger partial charge on any atom is 0.271 e. The highest BCUT2D eigenvalue weighted by Gasteiger charge is 2.27. The third-order valence-corrected chi connectivity index (χ3v) is 4.21. The van der Waals surface area contributed by atoms with Gasteiger partial charge >= 0.3 is 0 Å². The summed E-state index contributed by atoms with van der Waals surface area (Å²) in [5.74, 6) is 0.594. The predicted molar refractivity (Wildman–Crippen MR) is 72.6 cm³/mol. The molecule has 1 fully saturated rings. The lowest BCUT2D eigenvalue weighted by Crippen LogP contribution is -2.35. The van der Waals surface area contributed by atoms with Gasteiger partial charge in [0.15, 0.2) is 0 Å². The van der Waals surface area contributed by atoms with Crippen LogP contribution in [0.2, 0.25) is 0 Å². The molecule has 3 unspecified atom stereocenters. The second kappa shape index (κ2) is 5.55. The Morgan fingerprint density at radius 3 is 2.79 bits per heavy atom. The van der Waals surface area contributed by atoms with Crippen LogP contribution in [0.3, 0.4) is 0 Å². The number of benzene rings is 1. The van der Waals surface area contributed by atoms with Gasteiger partial charge in [-0.2, -0.15) is 0 Å². The zero-order valence-corrected chi connectivity index (χ0v) is 11.2. The molecule has 1 aliphatic carbocycles. The summed E-state index contributed by atoms with van der Waals surface area (Å²) >= 11 is 0. The summed E-state index contributed by atoms with van der Waals surface area (Å²) in [7, 11) is 0. The zero-order chi connectivity index (χ0) is 14.0. The Kier molecular flexibility index (Phi) is 4.02. The van der Waals surface area contributed by atoms with Crippen LogP contribution in [0.1, 0.15) is 33.1 Å². The number of nitro benzene ring substituents is 1. The molecule has 1 aliphatic rings. The van der Waals surface area contributed by atoms with E-state index in [0.29, 0.717) is 11.8 Å². The number of hydrogen-bond donors (Lipinski definition) is 1. The number of nitrogens with one attached hydrogen (secondary N) is 1. The van der Waals surface area contributed by atoms with Crippen molar-refractivity contribution in [3.8, 4) is 0 Å². The summed E-state index contributed by atoms with van der Waals surface area (Å²) in [5.41, 5.74) is 0.153. The quantitative estimate of drug-likeness (QED) is 0.665. The van der Waals surface area contributed by atoms with Crippen molar-refractivity contribution in [3.05, 3.63) is 34.1 Å². The van der Waals surface area contributed by atoms with Crippen LogP contribution in [0.4, 0.5) is 15.8 Å². The van der Waals surface area contributed by atoms with Crippen molar-refractivity contribution in [2.45, 2.75) is 39.2 Å². The van der Waals surface area contributed by atoms with Crippen LogP contribution in [-0.4, -0.2) is 11.0 Å². The van der Waals surface area contributed by atoms with Crippen molar-refractivity contribution in [2.24, 2.45) is 11.8 Å². The van der Waals surface area contributed by atoms with Gasteiger partial charge < -0.3 is 5.32 Å². The van der Waals surface area contributed by atoms with Gasteiger partial charge in [0.2, 0.25) is 0 Å². The average molecular weight is 266 g/mol. The van der Waals surface area contributed by atoms with Gasteiger partial charge in [-0.25, -0.2) is 4.39 Å². The number of non-ortho nitro benzene ring substituents is 1. The fourth-order valence-corrected chi connectivity index (χ4v) is 2.72. The van der Waals surface area contributed by atoms with E-state index in [0.717, 1.165) is 18.9 Å². The highest BCUT2D eigenvalue weighted by atomic mass is 19.1. The first-order valence-corrected chi connectivity index (χ1v) is 6.69. The Bertz CT molecular complexity index is 479. The molecule has 2 rings (SSSR count). The average Bonchev–Trinajstić information content (AvgIpc) is 2.37. The van der Waals surface area contributed by atoms with Gasteiger partial charge in [-0.3, -0.25) is 10.1 Å². The smallest absolute Gasteiger partial charge is 0.271 e. The van der Waals surface area contributed by atoms with Crippen molar-refractivity contribution < 1.29 is 9.31 Å². The number of rotatable bonds is 3. The van der Waals surface area contributed by atoms with E-state index in [-0.39, 0.29) is 17.4 Å². The lowest BCUT2D eigenvalue weighted by molar-refractivity contribution is -0.384. The molecule has 0 aromatic heterocycles. The number of hydrogen-bond acceptors (Lipinski definition) is 3. The lowest BCUT2D eigenvalue weighted by Gasteiger charge is -2.35. The van der Waals surface area contributed by atoms with Crippen LogP contribution in [0.15, 0.2) is 18.2 Å². The Labute approximate surface area is 112 Å². The van der Waals surface area contributed by atoms with Crippen molar-refractivity contribution in [2.75, 3.05) is 5.32 Å². The monoisotopic (exact) mass is 266 g/mol. The van der Waals surface area contributed by atoms with Gasteiger partial charge in [0.05, 0.1) is 10.6 Å². The van der Waals surface area contributed by atoms with Crippen molar-refractivity contribution in [1.29, 1.82) is 0 Å². The fraction of sp³-hybridized carbons (Fsp3) is 0.571. The summed E-state index contributed by atoms with van der Waals surface area (Å²) in [6, 6.07) is 3.80. The molecule has 0 heterocycles. The van der Waals surface area contributed by atoms with E-state index in [1.54, 1.807) is 0 Å². The van der Waals surface area contributed by atoms with Crippen molar-refractivity contribution in [1.82, 2.24) is 0 Å². The highest BCUT2D eigenvalue weighted by Crippen LogP contribution is 2.32. The third kappa shape index (κ3) is 3.03. The van der Waals surface area contributed by atoms with E-state index >= 15 is 0 Å². The van der Waals surface area contributed by atoms with Crippen LogP contribution in [-0.2, 0) is 0 Å². The van der Waals surface area contributed by atoms with E-state index in [9.17, 15) is 14.5 Å². The van der Waals surface area contributed by atoms with Gasteiger partial charge in [0, 0.05) is 18.2 Å². The first kappa shape index (κ1) is 13.8. The molecule has 0 aliphatic heterocycles. The molecule has 5 heteroatoms. The first-order chi connectivity index (χ1) is 8.99. The molecule has 4 nitrogen and oxygen atoms in total. The van der Waals surface area contributed by atoms with Crippen LogP contribution in [0.25, 0.3) is 0 Å². The standard InChI is InChI=1S/C14H19FN2O2/c1-9-4-3-5-13(10(9)2)16-14-8-11(17(18)19)6-7-12(14)15/h6-10,13,16H,3-5H2,1-2H3. The summed E-state index contributed by atoms with van der Waals surface area (Å²) in [6.45, 7) is 4.35. The predicted octanol–water partition coefficient (Wildman–Crippen LogP) is 3.97. The number of nitro groups is 1. The van der Waals surface area contributed by atoms with Crippen LogP contribution in [0, 0.1) is 27.8 Å². The SMILES string of the molecule is CC1CCCC(Nc2cc([N+](=O)[O-])ccc2F)C1C. The molecule has 1 N–H and O–H groups in total. The maximum atomic E-state index is 13.7. The molecule has 3 atom stereocenters. The molecule has 1 aromatic carbocycles. The second-order valence-electron chi connectivity index (χ2n) is 5.44. The molecular weight excluding hydrogens is 247 g/mol. The second-order valence-corrected chi connectivity index (χ2v) is 5.44. The summed E-state index contributed by atoms with van der Waals surface area (Å²) < 4.78 is 13.7. The molecule has 0 saturated heterocycles. The van der Waals surface area contributed by atoms with Crippen LogP contribution in [0.5, 0.6) is 0 Å². The normalized spacial score (nSPS) is 27.0. The minimum atomic E-state index is -0.502. The lowest BCUT2D eigenvalue weighted by atomic mass is 9.78. The Morgan fingerprint density at radius 2 is 2.11 bits per heavy atom. The van der Waals surface area contributed by atoms with E-state index in [1.807, 2.05) is 0 Å². The summed E-state index contributed by atoms with van der Waals surface area (Å²) in [4.78, 5) is 10.2. The molecule has 0 radical (unpaired) electrons. The van der Waals surface area contributed by atoms with Gasteiger partial charge in [0.1, 0.15) is 5.82 Å². The molecule has 0 amide bonds. The van der Waals surface area contributed by atoms with Crippen molar-refractivity contribution in [3.63, 3.8) is 0 Å². The van der Waals surface area contributed by atoms with Crippen molar-refractivity contribution >= 4 is 11.4 Å².